The van der Waals surface area contributed by atoms with Crippen LogP contribution in [0.3, 0.4) is 0 Å². The van der Waals surface area contributed by atoms with Gasteiger partial charge in [0, 0.05) is 18.0 Å². The SMILES string of the molecule is NC(=O)c1cccc(-c2cccnc2)c1C(F)(F)F. The fourth-order valence-electron chi connectivity index (χ4n) is 1.83. The molecule has 0 atom stereocenters. The normalized spacial score (nSPS) is 11.3. The molecule has 2 aromatic rings. The van der Waals surface area contributed by atoms with Gasteiger partial charge in [0.1, 0.15) is 0 Å². The number of pyridine rings is 1. The Kier molecular flexibility index (Phi) is 3.25. The van der Waals surface area contributed by atoms with Crippen LogP contribution in [0, 0.1) is 0 Å². The van der Waals surface area contributed by atoms with Crippen molar-refractivity contribution in [2.24, 2.45) is 5.73 Å². The number of nitrogens with zero attached hydrogens (tertiary/aromatic N) is 1. The monoisotopic (exact) mass is 266 g/mol. The van der Waals surface area contributed by atoms with Crippen LogP contribution in [0.15, 0.2) is 42.7 Å². The molecule has 0 aliphatic carbocycles. The Balaban J connectivity index is 2.75. The van der Waals surface area contributed by atoms with Gasteiger partial charge in [-0.3, -0.25) is 9.78 Å². The Labute approximate surface area is 106 Å². The minimum atomic E-state index is -4.67. The van der Waals surface area contributed by atoms with Crippen LogP contribution in [0.25, 0.3) is 11.1 Å². The van der Waals surface area contributed by atoms with E-state index in [0.717, 1.165) is 6.07 Å². The molecule has 0 bridgehead atoms. The fraction of sp³-hybridized carbons (Fsp3) is 0.0769. The van der Waals surface area contributed by atoms with E-state index in [1.807, 2.05) is 0 Å². The summed E-state index contributed by atoms with van der Waals surface area (Å²) in [6, 6.07) is 6.71. The maximum Gasteiger partial charge on any atom is 0.417 e. The van der Waals surface area contributed by atoms with Gasteiger partial charge in [0.25, 0.3) is 0 Å². The third-order valence-corrected chi connectivity index (χ3v) is 2.59. The van der Waals surface area contributed by atoms with Crippen LogP contribution in [0.5, 0.6) is 0 Å². The van der Waals surface area contributed by atoms with Crippen LogP contribution in [-0.2, 0) is 6.18 Å². The van der Waals surface area contributed by atoms with Crippen LogP contribution < -0.4 is 5.73 Å². The summed E-state index contributed by atoms with van der Waals surface area (Å²) in [4.78, 5) is 14.9. The fourth-order valence-corrected chi connectivity index (χ4v) is 1.83. The Morgan fingerprint density at radius 2 is 1.89 bits per heavy atom. The largest absolute Gasteiger partial charge is 0.417 e. The van der Waals surface area contributed by atoms with Gasteiger partial charge in [0.05, 0.1) is 11.1 Å². The van der Waals surface area contributed by atoms with E-state index >= 15 is 0 Å². The topological polar surface area (TPSA) is 56.0 Å². The Bertz CT molecular complexity index is 609. The van der Waals surface area contributed by atoms with Gasteiger partial charge in [-0.15, -0.1) is 0 Å². The quantitative estimate of drug-likeness (QED) is 0.908. The van der Waals surface area contributed by atoms with E-state index in [-0.39, 0.29) is 11.1 Å². The molecule has 19 heavy (non-hydrogen) atoms. The molecule has 1 aromatic carbocycles. The lowest BCUT2D eigenvalue weighted by atomic mass is 9.95. The summed E-state index contributed by atoms with van der Waals surface area (Å²) < 4.78 is 39.4. The molecule has 0 fully saturated rings. The molecule has 0 aliphatic heterocycles. The summed E-state index contributed by atoms with van der Waals surface area (Å²) in [6.07, 6.45) is -1.92. The first-order valence-electron chi connectivity index (χ1n) is 5.31. The summed E-state index contributed by atoms with van der Waals surface area (Å²) in [5.74, 6) is -1.11. The van der Waals surface area contributed by atoms with Gasteiger partial charge in [-0.05, 0) is 17.7 Å². The van der Waals surface area contributed by atoms with Crippen LogP contribution in [0.4, 0.5) is 13.2 Å². The molecule has 98 valence electrons. The average Bonchev–Trinajstić information content (AvgIpc) is 2.38. The van der Waals surface area contributed by atoms with Crippen molar-refractivity contribution in [3.63, 3.8) is 0 Å². The van der Waals surface area contributed by atoms with Crippen molar-refractivity contribution < 1.29 is 18.0 Å². The van der Waals surface area contributed by atoms with Gasteiger partial charge < -0.3 is 5.73 Å². The lowest BCUT2D eigenvalue weighted by molar-refractivity contribution is -0.137. The number of benzene rings is 1. The molecule has 6 heteroatoms. The first-order chi connectivity index (χ1) is 8.91. The van der Waals surface area contributed by atoms with Gasteiger partial charge in [0.15, 0.2) is 0 Å². The summed E-state index contributed by atoms with van der Waals surface area (Å²) in [5, 5.41) is 0. The van der Waals surface area contributed by atoms with E-state index in [4.69, 9.17) is 5.73 Å². The first-order valence-corrected chi connectivity index (χ1v) is 5.31. The second kappa shape index (κ2) is 4.72. The number of aromatic nitrogens is 1. The van der Waals surface area contributed by atoms with Gasteiger partial charge in [0.2, 0.25) is 5.91 Å². The summed E-state index contributed by atoms with van der Waals surface area (Å²) >= 11 is 0. The van der Waals surface area contributed by atoms with Crippen LogP contribution in [0.2, 0.25) is 0 Å². The zero-order chi connectivity index (χ0) is 14.0. The molecule has 0 aliphatic rings. The number of hydrogen-bond acceptors (Lipinski definition) is 2. The molecule has 3 nitrogen and oxygen atoms in total. The van der Waals surface area contributed by atoms with Crippen molar-refractivity contribution in [2.45, 2.75) is 6.18 Å². The van der Waals surface area contributed by atoms with Crippen molar-refractivity contribution in [3.8, 4) is 11.1 Å². The molecule has 1 amide bonds. The highest BCUT2D eigenvalue weighted by molar-refractivity contribution is 5.96. The van der Waals surface area contributed by atoms with Crippen molar-refractivity contribution >= 4 is 5.91 Å². The zero-order valence-corrected chi connectivity index (χ0v) is 9.61. The van der Waals surface area contributed by atoms with Gasteiger partial charge in [-0.25, -0.2) is 0 Å². The van der Waals surface area contributed by atoms with Crippen LogP contribution >= 0.6 is 0 Å². The maximum absolute atomic E-state index is 13.1. The average molecular weight is 266 g/mol. The number of hydrogen-bond donors (Lipinski definition) is 1. The van der Waals surface area contributed by atoms with E-state index in [9.17, 15) is 18.0 Å². The summed E-state index contributed by atoms with van der Waals surface area (Å²) in [5.41, 5.74) is 3.59. The van der Waals surface area contributed by atoms with Crippen molar-refractivity contribution in [1.29, 1.82) is 0 Å². The van der Waals surface area contributed by atoms with E-state index in [1.54, 1.807) is 0 Å². The predicted octanol–water partition coefficient (Wildman–Crippen LogP) is 2.87. The lowest BCUT2D eigenvalue weighted by Gasteiger charge is -2.15. The minimum Gasteiger partial charge on any atom is -0.366 e. The molecule has 0 saturated carbocycles. The highest BCUT2D eigenvalue weighted by Gasteiger charge is 2.37. The van der Waals surface area contributed by atoms with Crippen molar-refractivity contribution in [3.05, 3.63) is 53.9 Å². The molecular formula is C13H9F3N2O. The van der Waals surface area contributed by atoms with E-state index in [2.05, 4.69) is 4.98 Å². The molecule has 2 N–H and O–H groups in total. The lowest BCUT2D eigenvalue weighted by Crippen LogP contribution is -2.19. The van der Waals surface area contributed by atoms with E-state index < -0.39 is 23.2 Å². The Hall–Kier alpha value is -2.37. The molecule has 1 heterocycles. The summed E-state index contributed by atoms with van der Waals surface area (Å²) in [6.45, 7) is 0. The van der Waals surface area contributed by atoms with Crippen molar-refractivity contribution in [2.75, 3.05) is 0 Å². The highest BCUT2D eigenvalue weighted by atomic mass is 19.4. The number of carbonyl (C=O) groups excluding carboxylic acids is 1. The predicted molar refractivity (Wildman–Crippen MR) is 63.2 cm³/mol. The molecule has 0 radical (unpaired) electrons. The molecule has 0 unspecified atom stereocenters. The second-order valence-electron chi connectivity index (χ2n) is 3.83. The van der Waals surface area contributed by atoms with Gasteiger partial charge in [-0.2, -0.15) is 13.2 Å². The number of rotatable bonds is 2. The molecule has 2 rings (SSSR count). The molecule has 1 aromatic heterocycles. The van der Waals surface area contributed by atoms with Crippen LogP contribution in [0.1, 0.15) is 15.9 Å². The number of primary amides is 1. The Morgan fingerprint density at radius 3 is 2.42 bits per heavy atom. The van der Waals surface area contributed by atoms with Gasteiger partial charge in [-0.1, -0.05) is 18.2 Å². The molecule has 0 spiro atoms. The second-order valence-corrected chi connectivity index (χ2v) is 3.83. The van der Waals surface area contributed by atoms with Crippen LogP contribution in [-0.4, -0.2) is 10.9 Å². The number of carbonyl (C=O) groups is 1. The first kappa shape index (κ1) is 13.1. The van der Waals surface area contributed by atoms with E-state index in [0.29, 0.717) is 0 Å². The number of alkyl halides is 3. The summed E-state index contributed by atoms with van der Waals surface area (Å²) in [7, 11) is 0. The van der Waals surface area contributed by atoms with Gasteiger partial charge >= 0.3 is 6.18 Å². The number of halogens is 3. The third kappa shape index (κ3) is 2.57. The maximum atomic E-state index is 13.1. The molecule has 0 saturated heterocycles. The number of amides is 1. The Morgan fingerprint density at radius 1 is 1.16 bits per heavy atom. The minimum absolute atomic E-state index is 0.114. The van der Waals surface area contributed by atoms with E-state index in [1.165, 1.54) is 36.7 Å². The van der Waals surface area contributed by atoms with Crippen molar-refractivity contribution in [1.82, 2.24) is 4.98 Å². The molecular weight excluding hydrogens is 257 g/mol. The highest BCUT2D eigenvalue weighted by Crippen LogP contribution is 2.39. The smallest absolute Gasteiger partial charge is 0.366 e. The zero-order valence-electron chi connectivity index (χ0n) is 9.61. The standard InChI is InChI=1S/C13H9F3N2O/c14-13(15,16)11-9(8-3-2-6-18-7-8)4-1-5-10(11)12(17)19/h1-7H,(H2,17,19). The number of nitrogens with two attached hydrogens (primary N) is 1. The third-order valence-electron chi connectivity index (χ3n) is 2.59.